The lowest BCUT2D eigenvalue weighted by molar-refractivity contribution is -0.148. The Labute approximate surface area is 184 Å². The number of rotatable bonds is 10. The van der Waals surface area contributed by atoms with E-state index >= 15 is 0 Å². The average molecular weight is 436 g/mol. The molecule has 31 heavy (non-hydrogen) atoms. The van der Waals surface area contributed by atoms with Crippen LogP contribution in [0.2, 0.25) is 0 Å². The van der Waals surface area contributed by atoms with Gasteiger partial charge in [0.1, 0.15) is 11.9 Å². The molecule has 1 saturated carbocycles. The minimum atomic E-state index is -0.394. The predicted molar refractivity (Wildman–Crippen MR) is 116 cm³/mol. The zero-order chi connectivity index (χ0) is 21.6. The number of hydroxylamine groups is 1. The lowest BCUT2D eigenvalue weighted by Gasteiger charge is -2.33. The maximum atomic E-state index is 13.3. The van der Waals surface area contributed by atoms with Crippen molar-refractivity contribution < 1.29 is 19.1 Å². The van der Waals surface area contributed by atoms with E-state index < -0.39 is 6.10 Å². The molecule has 1 aromatic rings. The van der Waals surface area contributed by atoms with Crippen molar-refractivity contribution in [1.29, 1.82) is 0 Å². The largest absolute Gasteiger partial charge is 0.381 e. The summed E-state index contributed by atoms with van der Waals surface area (Å²) in [5.41, 5.74) is 3.89. The number of nitrogens with one attached hydrogen (secondary N) is 2. The Morgan fingerprint density at radius 2 is 2.16 bits per heavy atom. The van der Waals surface area contributed by atoms with Crippen LogP contribution < -0.4 is 10.8 Å². The molecule has 3 heterocycles. The minimum absolute atomic E-state index is 0.0672. The van der Waals surface area contributed by atoms with Gasteiger partial charge in [-0.05, 0) is 39.0 Å². The molecule has 0 radical (unpaired) electrons. The monoisotopic (exact) mass is 435 g/mol. The number of imidazole rings is 1. The Hall–Kier alpha value is -1.52. The number of nitrogens with zero attached hydrogens (tertiary/aromatic N) is 3. The van der Waals surface area contributed by atoms with Crippen molar-refractivity contribution in [2.24, 2.45) is 0 Å². The third kappa shape index (κ3) is 5.64. The highest BCUT2D eigenvalue weighted by Gasteiger charge is 2.41. The van der Waals surface area contributed by atoms with Gasteiger partial charge in [-0.2, -0.15) is 0 Å². The summed E-state index contributed by atoms with van der Waals surface area (Å²) in [6.07, 6.45) is 6.82. The van der Waals surface area contributed by atoms with Gasteiger partial charge in [-0.1, -0.05) is 0 Å². The van der Waals surface area contributed by atoms with Crippen LogP contribution in [-0.4, -0.2) is 79.1 Å². The maximum absolute atomic E-state index is 13.3. The summed E-state index contributed by atoms with van der Waals surface area (Å²) in [6.45, 7) is 7.31. The van der Waals surface area contributed by atoms with E-state index in [0.29, 0.717) is 25.1 Å². The number of carbonyl (C=O) groups excluding carboxylic acids is 1. The van der Waals surface area contributed by atoms with E-state index in [2.05, 4.69) is 28.5 Å². The van der Waals surface area contributed by atoms with Crippen molar-refractivity contribution in [2.45, 2.75) is 69.7 Å². The Balaban J connectivity index is 1.52. The SMILES string of the molecule is CONCCCn1cc([C@@H](C)N(C(=O)[C@H]2CNCCO2)C2CC2)nc1C1CCOCC1. The standard InChI is InChI=1S/C22H37N5O4/c1-16(27(18-4-5-18)22(28)20-14-23-9-13-31-20)19-15-26(10-3-8-24-29-2)21(25-19)17-6-11-30-12-7-17/h15-18,20,23-24H,3-14H2,1-2H3/t16-,20-/m1/s1. The molecule has 1 amide bonds. The minimum Gasteiger partial charge on any atom is -0.381 e. The molecule has 4 rings (SSSR count). The van der Waals surface area contributed by atoms with E-state index in [1.165, 1.54) is 0 Å². The Bertz CT molecular complexity index is 711. The Kier molecular flexibility index (Phi) is 7.95. The Morgan fingerprint density at radius 3 is 2.84 bits per heavy atom. The summed E-state index contributed by atoms with van der Waals surface area (Å²) in [4.78, 5) is 25.4. The van der Waals surface area contributed by atoms with Gasteiger partial charge in [0.05, 0.1) is 25.5 Å². The van der Waals surface area contributed by atoms with Gasteiger partial charge in [0.15, 0.2) is 0 Å². The second-order valence-electron chi connectivity index (χ2n) is 8.77. The first-order valence-electron chi connectivity index (χ1n) is 11.7. The molecule has 1 aliphatic carbocycles. The molecule has 3 fully saturated rings. The van der Waals surface area contributed by atoms with Gasteiger partial charge in [0.2, 0.25) is 0 Å². The molecule has 2 aliphatic heterocycles. The van der Waals surface area contributed by atoms with Crippen LogP contribution in [0.1, 0.15) is 62.5 Å². The number of amides is 1. The number of ether oxygens (including phenoxy) is 2. The number of hydrogen-bond acceptors (Lipinski definition) is 7. The highest BCUT2D eigenvalue weighted by atomic mass is 16.6. The van der Waals surface area contributed by atoms with E-state index in [-0.39, 0.29) is 11.9 Å². The van der Waals surface area contributed by atoms with Crippen LogP contribution in [0.25, 0.3) is 0 Å². The summed E-state index contributed by atoms with van der Waals surface area (Å²) in [5, 5.41) is 3.28. The third-order valence-electron chi connectivity index (χ3n) is 6.48. The van der Waals surface area contributed by atoms with Crippen LogP contribution in [0, 0.1) is 0 Å². The Morgan fingerprint density at radius 1 is 1.35 bits per heavy atom. The molecule has 1 aromatic heterocycles. The summed E-state index contributed by atoms with van der Waals surface area (Å²) >= 11 is 0. The van der Waals surface area contributed by atoms with Crippen LogP contribution in [0.4, 0.5) is 0 Å². The van der Waals surface area contributed by atoms with Gasteiger partial charge in [-0.3, -0.25) is 4.79 Å². The molecule has 2 atom stereocenters. The number of aryl methyl sites for hydroxylation is 1. The molecule has 9 heteroatoms. The van der Waals surface area contributed by atoms with Crippen LogP contribution in [-0.2, 0) is 25.7 Å². The first kappa shape index (κ1) is 22.7. The molecule has 2 N–H and O–H groups in total. The first-order chi connectivity index (χ1) is 15.2. The van der Waals surface area contributed by atoms with Gasteiger partial charge in [-0.15, -0.1) is 0 Å². The quantitative estimate of drug-likeness (QED) is 0.424. The van der Waals surface area contributed by atoms with E-state index in [1.54, 1.807) is 7.11 Å². The van der Waals surface area contributed by atoms with E-state index in [0.717, 1.165) is 76.5 Å². The van der Waals surface area contributed by atoms with Gasteiger partial charge in [0.25, 0.3) is 5.91 Å². The van der Waals surface area contributed by atoms with Gasteiger partial charge in [-0.25, -0.2) is 10.5 Å². The number of carbonyl (C=O) groups is 1. The third-order valence-corrected chi connectivity index (χ3v) is 6.48. The summed E-state index contributed by atoms with van der Waals surface area (Å²) in [5.74, 6) is 1.62. The van der Waals surface area contributed by atoms with Crippen molar-refractivity contribution in [3.8, 4) is 0 Å². The molecule has 2 saturated heterocycles. The predicted octanol–water partition coefficient (Wildman–Crippen LogP) is 1.36. The maximum Gasteiger partial charge on any atom is 0.253 e. The number of hydrogen-bond donors (Lipinski definition) is 2. The topological polar surface area (TPSA) is 89.9 Å². The zero-order valence-electron chi connectivity index (χ0n) is 18.8. The fourth-order valence-electron chi connectivity index (χ4n) is 4.61. The van der Waals surface area contributed by atoms with Crippen LogP contribution in [0.15, 0.2) is 6.20 Å². The van der Waals surface area contributed by atoms with Gasteiger partial charge >= 0.3 is 0 Å². The molecule has 9 nitrogen and oxygen atoms in total. The number of aromatic nitrogens is 2. The summed E-state index contributed by atoms with van der Waals surface area (Å²) in [7, 11) is 1.64. The van der Waals surface area contributed by atoms with Crippen molar-refractivity contribution in [3.63, 3.8) is 0 Å². The van der Waals surface area contributed by atoms with Crippen molar-refractivity contribution in [2.75, 3.05) is 46.6 Å². The summed E-state index contributed by atoms with van der Waals surface area (Å²) < 4.78 is 13.6. The second-order valence-corrected chi connectivity index (χ2v) is 8.77. The highest BCUT2D eigenvalue weighted by molar-refractivity contribution is 5.82. The molecule has 0 unspecified atom stereocenters. The first-order valence-corrected chi connectivity index (χ1v) is 11.7. The van der Waals surface area contributed by atoms with Crippen molar-refractivity contribution in [3.05, 3.63) is 17.7 Å². The molecule has 174 valence electrons. The molecule has 0 aromatic carbocycles. The molecule has 0 spiro atoms. The fourth-order valence-corrected chi connectivity index (χ4v) is 4.61. The lowest BCUT2D eigenvalue weighted by Crippen LogP contribution is -2.50. The second kappa shape index (κ2) is 10.9. The molecular formula is C22H37N5O4. The van der Waals surface area contributed by atoms with Crippen molar-refractivity contribution >= 4 is 5.91 Å². The van der Waals surface area contributed by atoms with E-state index in [9.17, 15) is 4.79 Å². The van der Waals surface area contributed by atoms with E-state index in [4.69, 9.17) is 19.3 Å². The smallest absolute Gasteiger partial charge is 0.253 e. The van der Waals surface area contributed by atoms with E-state index in [1.807, 2.05) is 4.90 Å². The number of morpholine rings is 1. The average Bonchev–Trinajstić information content (AvgIpc) is 3.55. The van der Waals surface area contributed by atoms with Crippen LogP contribution in [0.5, 0.6) is 0 Å². The fraction of sp³-hybridized carbons (Fsp3) is 0.818. The van der Waals surface area contributed by atoms with Crippen LogP contribution >= 0.6 is 0 Å². The van der Waals surface area contributed by atoms with Gasteiger partial charge in [0, 0.05) is 57.5 Å². The van der Waals surface area contributed by atoms with Crippen molar-refractivity contribution in [1.82, 2.24) is 25.2 Å². The van der Waals surface area contributed by atoms with Crippen LogP contribution in [0.3, 0.4) is 0 Å². The highest BCUT2D eigenvalue weighted by Crippen LogP contribution is 2.36. The van der Waals surface area contributed by atoms with Gasteiger partial charge < -0.3 is 29.1 Å². The molecular weight excluding hydrogens is 398 g/mol. The summed E-state index contributed by atoms with van der Waals surface area (Å²) in [6, 6.07) is 0.234. The normalized spacial score (nSPS) is 23.6. The molecule has 0 bridgehead atoms. The molecule has 3 aliphatic rings. The lowest BCUT2D eigenvalue weighted by atomic mass is 9.99. The zero-order valence-corrected chi connectivity index (χ0v) is 18.8.